The summed E-state index contributed by atoms with van der Waals surface area (Å²) < 4.78 is 6.45. The van der Waals surface area contributed by atoms with Crippen LogP contribution in [0.15, 0.2) is 253 Å². The number of para-hydroxylation sites is 2. The Kier molecular flexibility index (Phi) is 10.2. The van der Waals surface area contributed by atoms with Crippen molar-refractivity contribution in [1.29, 1.82) is 0 Å². The second kappa shape index (κ2) is 17.2. The summed E-state index contributed by atoms with van der Waals surface area (Å²) in [5.41, 5.74) is 17.9. The van der Waals surface area contributed by atoms with Crippen molar-refractivity contribution in [1.82, 2.24) is 15.0 Å². The summed E-state index contributed by atoms with van der Waals surface area (Å²) >= 11 is 0. The lowest BCUT2D eigenvalue weighted by Crippen LogP contribution is -2.00. The summed E-state index contributed by atoms with van der Waals surface area (Å²) in [6.07, 6.45) is 0. The molecule has 67 heavy (non-hydrogen) atoms. The normalized spacial score (nSPS) is 11.3. The van der Waals surface area contributed by atoms with E-state index < -0.39 is 0 Å². The van der Waals surface area contributed by atoms with E-state index in [2.05, 4.69) is 224 Å². The van der Waals surface area contributed by atoms with Gasteiger partial charge in [-0.1, -0.05) is 206 Å². The Morgan fingerprint density at radius 3 is 0.970 bits per heavy atom. The topological polar surface area (TPSA) is 51.8 Å². The molecule has 0 saturated heterocycles. The fourth-order valence-corrected chi connectivity index (χ4v) is 9.14. The van der Waals surface area contributed by atoms with Gasteiger partial charge in [0.1, 0.15) is 11.2 Å². The van der Waals surface area contributed by atoms with Crippen LogP contribution in [-0.2, 0) is 0 Å². The van der Waals surface area contributed by atoms with Crippen molar-refractivity contribution >= 4 is 21.9 Å². The molecule has 4 nitrogen and oxygen atoms in total. The minimum Gasteiger partial charge on any atom is -0.455 e. The standard InChI is InChI=1S/C63H41N3O/c1-3-16-42(17-4-1)44-20-9-22-46(36-44)49-25-12-29-53(39-49)61-64-62(54-30-13-26-50(40-54)47-23-10-21-45(37-47)43-18-5-2-6-19-43)66-63(65-61)55-31-14-27-51(41-55)48-24-11-28-52(38-48)56-33-15-34-58-57-32-7-8-35-59(57)67-60(56)58/h1-41H. The minimum absolute atomic E-state index is 0.595. The molecule has 0 amide bonds. The van der Waals surface area contributed by atoms with E-state index in [-0.39, 0.29) is 0 Å². The quantitative estimate of drug-likeness (QED) is 0.145. The first-order valence-corrected chi connectivity index (χ1v) is 22.6. The molecule has 0 aliphatic carbocycles. The molecule has 0 N–H and O–H groups in total. The lowest BCUT2D eigenvalue weighted by molar-refractivity contribution is 0.670. The highest BCUT2D eigenvalue weighted by molar-refractivity contribution is 6.09. The van der Waals surface area contributed by atoms with Crippen molar-refractivity contribution in [2.75, 3.05) is 0 Å². The lowest BCUT2D eigenvalue weighted by Gasteiger charge is -2.12. The molecule has 0 aliphatic heterocycles. The third-order valence-corrected chi connectivity index (χ3v) is 12.5. The van der Waals surface area contributed by atoms with E-state index in [1.54, 1.807) is 0 Å². The highest BCUT2D eigenvalue weighted by Crippen LogP contribution is 2.38. The number of nitrogens with zero attached hydrogens (tertiary/aromatic N) is 3. The molecule has 314 valence electrons. The predicted octanol–water partition coefficient (Wildman–Crippen LogP) is 16.8. The van der Waals surface area contributed by atoms with E-state index in [1.165, 1.54) is 22.3 Å². The van der Waals surface area contributed by atoms with Crippen molar-refractivity contribution in [2.24, 2.45) is 0 Å². The molecule has 12 aromatic rings. The molecule has 0 spiro atoms. The maximum atomic E-state index is 6.45. The number of furan rings is 1. The van der Waals surface area contributed by atoms with E-state index in [0.29, 0.717) is 17.5 Å². The number of rotatable bonds is 9. The molecule has 0 radical (unpaired) electrons. The zero-order chi connectivity index (χ0) is 44.5. The highest BCUT2D eigenvalue weighted by Gasteiger charge is 2.17. The van der Waals surface area contributed by atoms with Gasteiger partial charge in [-0.2, -0.15) is 0 Å². The molecule has 0 aliphatic rings. The summed E-state index contributed by atoms with van der Waals surface area (Å²) in [5, 5.41) is 2.23. The number of hydrogen-bond donors (Lipinski definition) is 0. The van der Waals surface area contributed by atoms with Gasteiger partial charge in [0.2, 0.25) is 0 Å². The summed E-state index contributed by atoms with van der Waals surface area (Å²) in [4.78, 5) is 15.7. The molecule has 2 aromatic heterocycles. The lowest BCUT2D eigenvalue weighted by atomic mass is 9.96. The van der Waals surface area contributed by atoms with Crippen LogP contribution in [0.25, 0.3) is 123 Å². The molecular weight excluding hydrogens is 815 g/mol. The Balaban J connectivity index is 0.957. The Hall–Kier alpha value is -8.99. The summed E-state index contributed by atoms with van der Waals surface area (Å²) in [6, 6.07) is 87.1. The van der Waals surface area contributed by atoms with Crippen LogP contribution >= 0.6 is 0 Å². The van der Waals surface area contributed by atoms with Crippen LogP contribution < -0.4 is 0 Å². The maximum Gasteiger partial charge on any atom is 0.164 e. The van der Waals surface area contributed by atoms with Gasteiger partial charge in [0.25, 0.3) is 0 Å². The Bertz CT molecular complexity index is 3620. The third kappa shape index (κ3) is 7.88. The van der Waals surface area contributed by atoms with E-state index in [4.69, 9.17) is 19.4 Å². The van der Waals surface area contributed by atoms with Gasteiger partial charge in [0.15, 0.2) is 17.5 Å². The minimum atomic E-state index is 0.595. The maximum absolute atomic E-state index is 6.45. The van der Waals surface area contributed by atoms with E-state index in [1.807, 2.05) is 24.3 Å². The smallest absolute Gasteiger partial charge is 0.164 e. The van der Waals surface area contributed by atoms with Crippen LogP contribution in [0.5, 0.6) is 0 Å². The molecule has 0 saturated carbocycles. The average Bonchev–Trinajstić information content (AvgIpc) is 3.81. The van der Waals surface area contributed by atoms with Gasteiger partial charge in [-0.15, -0.1) is 0 Å². The molecular formula is C63H41N3O. The van der Waals surface area contributed by atoms with E-state index in [9.17, 15) is 0 Å². The van der Waals surface area contributed by atoms with E-state index >= 15 is 0 Å². The highest BCUT2D eigenvalue weighted by atomic mass is 16.3. The van der Waals surface area contributed by atoms with Gasteiger partial charge in [0, 0.05) is 33.0 Å². The first kappa shape index (κ1) is 39.6. The fraction of sp³-hybridized carbons (Fsp3) is 0. The first-order valence-electron chi connectivity index (χ1n) is 22.6. The Morgan fingerprint density at radius 1 is 0.224 bits per heavy atom. The fourth-order valence-electron chi connectivity index (χ4n) is 9.14. The molecule has 12 rings (SSSR count). The summed E-state index contributed by atoms with van der Waals surface area (Å²) in [7, 11) is 0. The zero-order valence-electron chi connectivity index (χ0n) is 36.4. The van der Waals surface area contributed by atoms with Gasteiger partial charge in [-0.3, -0.25) is 0 Å². The van der Waals surface area contributed by atoms with E-state index in [0.717, 1.165) is 83.1 Å². The molecule has 0 bridgehead atoms. The van der Waals surface area contributed by atoms with Gasteiger partial charge in [0.05, 0.1) is 0 Å². The Morgan fingerprint density at radius 2 is 0.522 bits per heavy atom. The summed E-state index contributed by atoms with van der Waals surface area (Å²) in [6.45, 7) is 0. The summed E-state index contributed by atoms with van der Waals surface area (Å²) in [5.74, 6) is 1.80. The van der Waals surface area contributed by atoms with Crippen LogP contribution in [0.4, 0.5) is 0 Å². The number of aromatic nitrogens is 3. The second-order valence-electron chi connectivity index (χ2n) is 16.8. The van der Waals surface area contributed by atoms with Crippen LogP contribution in [0.2, 0.25) is 0 Å². The number of fused-ring (bicyclic) bond motifs is 3. The number of benzene rings is 10. The molecule has 0 unspecified atom stereocenters. The van der Waals surface area contributed by atoms with Crippen molar-refractivity contribution in [3.05, 3.63) is 249 Å². The van der Waals surface area contributed by atoms with Crippen molar-refractivity contribution < 1.29 is 4.42 Å². The first-order chi connectivity index (χ1) is 33.2. The van der Waals surface area contributed by atoms with Gasteiger partial charge >= 0.3 is 0 Å². The van der Waals surface area contributed by atoms with Gasteiger partial charge in [-0.05, 0) is 104 Å². The van der Waals surface area contributed by atoms with Crippen LogP contribution in [-0.4, -0.2) is 15.0 Å². The van der Waals surface area contributed by atoms with Crippen molar-refractivity contribution in [3.63, 3.8) is 0 Å². The molecule has 0 fully saturated rings. The zero-order valence-corrected chi connectivity index (χ0v) is 36.4. The molecule has 2 heterocycles. The number of hydrogen-bond acceptors (Lipinski definition) is 4. The Labute approximate surface area is 389 Å². The van der Waals surface area contributed by atoms with Crippen molar-refractivity contribution in [2.45, 2.75) is 0 Å². The van der Waals surface area contributed by atoms with Crippen LogP contribution in [0, 0.1) is 0 Å². The molecule has 10 aromatic carbocycles. The molecule has 0 atom stereocenters. The van der Waals surface area contributed by atoms with Crippen LogP contribution in [0.3, 0.4) is 0 Å². The largest absolute Gasteiger partial charge is 0.455 e. The predicted molar refractivity (Wildman–Crippen MR) is 276 cm³/mol. The van der Waals surface area contributed by atoms with Crippen LogP contribution in [0.1, 0.15) is 0 Å². The van der Waals surface area contributed by atoms with Gasteiger partial charge < -0.3 is 4.42 Å². The average molecular weight is 856 g/mol. The SMILES string of the molecule is c1ccc(-c2cccc(-c3cccc(-c4nc(-c5cccc(-c6cccc(-c7ccccc7)c6)c5)nc(-c5cccc(-c6cccc(-c7cccc8c7oc7ccccc78)c6)c5)n4)c3)c2)cc1. The third-order valence-electron chi connectivity index (χ3n) is 12.5. The van der Waals surface area contributed by atoms with Gasteiger partial charge in [-0.25, -0.2) is 15.0 Å². The monoisotopic (exact) mass is 855 g/mol. The second-order valence-corrected chi connectivity index (χ2v) is 16.8. The van der Waals surface area contributed by atoms with Crippen molar-refractivity contribution in [3.8, 4) is 101 Å². The molecule has 4 heteroatoms.